The first kappa shape index (κ1) is 20.0. The van der Waals surface area contributed by atoms with E-state index in [1.165, 1.54) is 24.0 Å². The molecule has 0 aliphatic rings. The third-order valence-electron chi connectivity index (χ3n) is 4.44. The van der Waals surface area contributed by atoms with Crippen molar-refractivity contribution in [2.75, 3.05) is 7.11 Å². The molecule has 3 rings (SSSR count). The summed E-state index contributed by atoms with van der Waals surface area (Å²) in [5.41, 5.74) is 2.31. The Bertz CT molecular complexity index is 1090. The molecule has 8 heteroatoms. The smallest absolute Gasteiger partial charge is 0.325 e. The van der Waals surface area contributed by atoms with E-state index in [2.05, 4.69) is 30.0 Å². The number of thiazole rings is 1. The summed E-state index contributed by atoms with van der Waals surface area (Å²) in [6.45, 7) is 8.21. The molecule has 1 amide bonds. The highest BCUT2D eigenvalue weighted by molar-refractivity contribution is 7.16. The van der Waals surface area contributed by atoms with Crippen molar-refractivity contribution in [3.63, 3.8) is 0 Å². The van der Waals surface area contributed by atoms with Gasteiger partial charge in [0.2, 0.25) is 0 Å². The van der Waals surface area contributed by atoms with Crippen LogP contribution in [-0.2, 0) is 16.1 Å². The van der Waals surface area contributed by atoms with Gasteiger partial charge in [0.05, 0.1) is 17.3 Å². The van der Waals surface area contributed by atoms with Crippen LogP contribution in [0.3, 0.4) is 0 Å². The molecule has 148 valence electrons. The number of amides is 1. The van der Waals surface area contributed by atoms with E-state index in [9.17, 15) is 9.59 Å². The molecule has 0 bridgehead atoms. The van der Waals surface area contributed by atoms with Gasteiger partial charge < -0.3 is 9.30 Å². The van der Waals surface area contributed by atoms with Crippen molar-refractivity contribution in [2.24, 2.45) is 4.99 Å². The number of benzene rings is 1. The standard InChI is InChI=1S/C20H24N4O3S/c1-12(2)14-6-7-16-17(10-14)28-20(23(16)11-18(25)27-5)21-19(26)15-8-9-24(22-15)13(3)4/h6-10,12-13H,11H2,1-5H3. The van der Waals surface area contributed by atoms with Crippen LogP contribution < -0.4 is 4.80 Å². The molecule has 2 heterocycles. The van der Waals surface area contributed by atoms with Crippen molar-refractivity contribution in [1.29, 1.82) is 0 Å². The number of hydrogen-bond acceptors (Lipinski definition) is 5. The number of aromatic nitrogens is 3. The molecule has 0 radical (unpaired) electrons. The first-order valence-electron chi connectivity index (χ1n) is 9.14. The van der Waals surface area contributed by atoms with Crippen molar-refractivity contribution < 1.29 is 14.3 Å². The molecule has 0 spiro atoms. The second kappa shape index (κ2) is 8.10. The first-order chi connectivity index (χ1) is 13.3. The van der Waals surface area contributed by atoms with Gasteiger partial charge in [0, 0.05) is 12.2 Å². The molecule has 0 unspecified atom stereocenters. The number of carbonyl (C=O) groups excluding carboxylic acids is 2. The number of rotatable bonds is 5. The van der Waals surface area contributed by atoms with Gasteiger partial charge in [-0.05, 0) is 43.5 Å². The van der Waals surface area contributed by atoms with Crippen LogP contribution in [0.1, 0.15) is 55.7 Å². The fraction of sp³-hybridized carbons (Fsp3) is 0.400. The Labute approximate surface area is 167 Å². The van der Waals surface area contributed by atoms with Gasteiger partial charge in [-0.2, -0.15) is 10.1 Å². The molecule has 28 heavy (non-hydrogen) atoms. The summed E-state index contributed by atoms with van der Waals surface area (Å²) in [7, 11) is 1.34. The van der Waals surface area contributed by atoms with Gasteiger partial charge in [-0.3, -0.25) is 14.3 Å². The van der Waals surface area contributed by atoms with E-state index in [1.54, 1.807) is 21.5 Å². The van der Waals surface area contributed by atoms with E-state index in [0.29, 0.717) is 10.7 Å². The van der Waals surface area contributed by atoms with Crippen LogP contribution in [0.25, 0.3) is 10.2 Å². The molecular formula is C20H24N4O3S. The Morgan fingerprint density at radius 3 is 2.57 bits per heavy atom. The molecule has 1 aromatic carbocycles. The van der Waals surface area contributed by atoms with Crippen LogP contribution >= 0.6 is 11.3 Å². The highest BCUT2D eigenvalue weighted by Crippen LogP contribution is 2.23. The lowest BCUT2D eigenvalue weighted by Gasteiger charge is -2.06. The van der Waals surface area contributed by atoms with Crippen LogP contribution in [0.5, 0.6) is 0 Å². The van der Waals surface area contributed by atoms with E-state index in [-0.39, 0.29) is 18.3 Å². The quantitative estimate of drug-likeness (QED) is 0.614. The number of nitrogens with zero attached hydrogens (tertiary/aromatic N) is 4. The van der Waals surface area contributed by atoms with Gasteiger partial charge in [-0.15, -0.1) is 0 Å². The van der Waals surface area contributed by atoms with Crippen LogP contribution in [0.15, 0.2) is 35.5 Å². The fourth-order valence-electron chi connectivity index (χ4n) is 2.76. The minimum atomic E-state index is -0.436. The topological polar surface area (TPSA) is 78.5 Å². The highest BCUT2D eigenvalue weighted by Gasteiger charge is 2.15. The molecule has 0 saturated carbocycles. The maximum atomic E-state index is 12.6. The Morgan fingerprint density at radius 2 is 1.96 bits per heavy atom. The Kier molecular flexibility index (Phi) is 5.79. The van der Waals surface area contributed by atoms with Gasteiger partial charge >= 0.3 is 5.97 Å². The van der Waals surface area contributed by atoms with E-state index in [4.69, 9.17) is 4.74 Å². The van der Waals surface area contributed by atoms with Gasteiger partial charge in [-0.25, -0.2) is 0 Å². The van der Waals surface area contributed by atoms with Crippen LogP contribution in [0, 0.1) is 0 Å². The summed E-state index contributed by atoms with van der Waals surface area (Å²) in [6.07, 6.45) is 1.76. The van der Waals surface area contributed by atoms with Crippen LogP contribution in [0.4, 0.5) is 0 Å². The average molecular weight is 401 g/mol. The zero-order valence-corrected chi connectivity index (χ0v) is 17.5. The second-order valence-corrected chi connectivity index (χ2v) is 8.13. The van der Waals surface area contributed by atoms with E-state index >= 15 is 0 Å². The maximum absolute atomic E-state index is 12.6. The molecule has 0 N–H and O–H groups in total. The van der Waals surface area contributed by atoms with Crippen LogP contribution in [0.2, 0.25) is 0 Å². The summed E-state index contributed by atoms with van der Waals surface area (Å²) < 4.78 is 9.21. The SMILES string of the molecule is COC(=O)Cn1c(=NC(=O)c2ccn(C(C)C)n2)sc2cc(C(C)C)ccc21. The van der Waals surface area contributed by atoms with E-state index in [0.717, 1.165) is 10.2 Å². The number of hydrogen-bond donors (Lipinski definition) is 0. The second-order valence-electron chi connectivity index (χ2n) is 7.12. The van der Waals surface area contributed by atoms with E-state index in [1.807, 2.05) is 26.0 Å². The summed E-state index contributed by atoms with van der Waals surface area (Å²) in [4.78, 5) is 29.3. The summed E-state index contributed by atoms with van der Waals surface area (Å²) in [6, 6.07) is 7.88. The molecule has 0 aliphatic carbocycles. The third kappa shape index (κ3) is 4.06. The zero-order chi connectivity index (χ0) is 20.4. The monoisotopic (exact) mass is 400 g/mol. The number of fused-ring (bicyclic) bond motifs is 1. The lowest BCUT2D eigenvalue weighted by atomic mass is 10.0. The molecular weight excluding hydrogens is 376 g/mol. The Balaban J connectivity index is 2.11. The fourth-order valence-corrected chi connectivity index (χ4v) is 3.84. The van der Waals surface area contributed by atoms with Crippen molar-refractivity contribution >= 4 is 33.4 Å². The van der Waals surface area contributed by atoms with Crippen molar-refractivity contribution in [3.8, 4) is 0 Å². The number of methoxy groups -OCH3 is 1. The number of carbonyl (C=O) groups is 2. The molecule has 0 saturated heterocycles. The minimum Gasteiger partial charge on any atom is -0.468 e. The van der Waals surface area contributed by atoms with Crippen molar-refractivity contribution in [3.05, 3.63) is 46.5 Å². The Hall–Kier alpha value is -2.74. The lowest BCUT2D eigenvalue weighted by molar-refractivity contribution is -0.141. The molecule has 3 aromatic rings. The van der Waals surface area contributed by atoms with Crippen LogP contribution in [-0.4, -0.2) is 33.3 Å². The van der Waals surface area contributed by atoms with Gasteiger partial charge in [-0.1, -0.05) is 31.3 Å². The predicted molar refractivity (Wildman–Crippen MR) is 108 cm³/mol. The maximum Gasteiger partial charge on any atom is 0.325 e. The van der Waals surface area contributed by atoms with Gasteiger partial charge in [0.25, 0.3) is 5.91 Å². The molecule has 0 atom stereocenters. The average Bonchev–Trinajstić information content (AvgIpc) is 3.27. The molecule has 2 aromatic heterocycles. The van der Waals surface area contributed by atoms with Crippen molar-refractivity contribution in [1.82, 2.24) is 14.3 Å². The van der Waals surface area contributed by atoms with Crippen molar-refractivity contribution in [2.45, 2.75) is 46.2 Å². The largest absolute Gasteiger partial charge is 0.468 e. The summed E-state index contributed by atoms with van der Waals surface area (Å²) >= 11 is 1.38. The normalized spacial score (nSPS) is 12.3. The summed E-state index contributed by atoms with van der Waals surface area (Å²) in [5.74, 6) is -0.457. The third-order valence-corrected chi connectivity index (χ3v) is 5.48. The number of esters is 1. The van der Waals surface area contributed by atoms with E-state index < -0.39 is 11.9 Å². The first-order valence-corrected chi connectivity index (χ1v) is 9.96. The zero-order valence-electron chi connectivity index (χ0n) is 16.7. The van der Waals surface area contributed by atoms with Gasteiger partial charge in [0.15, 0.2) is 10.5 Å². The van der Waals surface area contributed by atoms with Gasteiger partial charge in [0.1, 0.15) is 6.54 Å². The highest BCUT2D eigenvalue weighted by atomic mass is 32.1. The minimum absolute atomic E-state index is 0.00985. The Morgan fingerprint density at radius 1 is 1.21 bits per heavy atom. The number of ether oxygens (including phenoxy) is 1. The molecule has 7 nitrogen and oxygen atoms in total. The summed E-state index contributed by atoms with van der Waals surface area (Å²) in [5, 5.41) is 4.28. The molecule has 0 fully saturated rings. The lowest BCUT2D eigenvalue weighted by Crippen LogP contribution is -2.22. The predicted octanol–water partition coefficient (Wildman–Crippen LogP) is 3.52. The molecule has 0 aliphatic heterocycles.